The van der Waals surface area contributed by atoms with E-state index in [0.717, 1.165) is 32.2 Å². The van der Waals surface area contributed by atoms with Gasteiger partial charge in [0, 0.05) is 6.04 Å². The number of nitrogens with zero attached hydrogens (tertiary/aromatic N) is 1. The summed E-state index contributed by atoms with van der Waals surface area (Å²) in [5.41, 5.74) is 0. The standard InChI is InChI=1S/C13H27NO2/c1-6-8-9-12(13(15)16-5)14(10-7-2)11(3)4/h11-12H,6-10H2,1-5H3. The first-order valence-electron chi connectivity index (χ1n) is 6.41. The predicted octanol–water partition coefficient (Wildman–Crippen LogP) is 2.84. The summed E-state index contributed by atoms with van der Waals surface area (Å²) in [5, 5.41) is 0. The zero-order valence-corrected chi connectivity index (χ0v) is 11.5. The van der Waals surface area contributed by atoms with E-state index < -0.39 is 0 Å². The predicted molar refractivity (Wildman–Crippen MR) is 67.5 cm³/mol. The molecule has 16 heavy (non-hydrogen) atoms. The van der Waals surface area contributed by atoms with Gasteiger partial charge in [0.25, 0.3) is 0 Å². The summed E-state index contributed by atoms with van der Waals surface area (Å²) in [6.07, 6.45) is 4.16. The van der Waals surface area contributed by atoms with Crippen LogP contribution in [0.15, 0.2) is 0 Å². The van der Waals surface area contributed by atoms with E-state index in [9.17, 15) is 4.79 Å². The second kappa shape index (κ2) is 8.57. The van der Waals surface area contributed by atoms with E-state index in [0.29, 0.717) is 6.04 Å². The van der Waals surface area contributed by atoms with Crippen molar-refractivity contribution in [3.8, 4) is 0 Å². The Labute approximate surface area is 100 Å². The van der Waals surface area contributed by atoms with Crippen molar-refractivity contribution >= 4 is 5.97 Å². The van der Waals surface area contributed by atoms with Gasteiger partial charge in [0.2, 0.25) is 0 Å². The van der Waals surface area contributed by atoms with E-state index in [1.165, 1.54) is 7.11 Å². The summed E-state index contributed by atoms with van der Waals surface area (Å²) in [4.78, 5) is 14.0. The van der Waals surface area contributed by atoms with Gasteiger partial charge in [0.1, 0.15) is 6.04 Å². The van der Waals surface area contributed by atoms with E-state index in [4.69, 9.17) is 4.74 Å². The molecule has 0 saturated carbocycles. The molecule has 96 valence electrons. The SMILES string of the molecule is CCCCC(C(=O)OC)N(CCC)C(C)C. The largest absolute Gasteiger partial charge is 0.468 e. The van der Waals surface area contributed by atoms with Crippen LogP contribution < -0.4 is 0 Å². The quantitative estimate of drug-likeness (QED) is 0.599. The molecule has 0 rings (SSSR count). The van der Waals surface area contributed by atoms with Gasteiger partial charge in [-0.2, -0.15) is 0 Å². The number of ether oxygens (including phenoxy) is 1. The summed E-state index contributed by atoms with van der Waals surface area (Å²) in [7, 11) is 1.48. The summed E-state index contributed by atoms with van der Waals surface area (Å²) in [5.74, 6) is -0.0874. The number of unbranched alkanes of at least 4 members (excludes halogenated alkanes) is 1. The Bertz CT molecular complexity index is 192. The maximum atomic E-state index is 11.8. The molecule has 0 N–H and O–H groups in total. The Morgan fingerprint density at radius 3 is 2.25 bits per heavy atom. The van der Waals surface area contributed by atoms with Crippen molar-refractivity contribution in [2.75, 3.05) is 13.7 Å². The molecule has 3 nitrogen and oxygen atoms in total. The van der Waals surface area contributed by atoms with E-state index in [1.54, 1.807) is 0 Å². The van der Waals surface area contributed by atoms with Gasteiger partial charge in [-0.1, -0.05) is 26.7 Å². The fourth-order valence-corrected chi connectivity index (χ4v) is 1.98. The van der Waals surface area contributed by atoms with Crippen molar-refractivity contribution in [2.24, 2.45) is 0 Å². The Balaban J connectivity index is 4.59. The van der Waals surface area contributed by atoms with Crippen LogP contribution in [-0.4, -0.2) is 36.6 Å². The van der Waals surface area contributed by atoms with E-state index in [2.05, 4.69) is 32.6 Å². The first-order chi connectivity index (χ1) is 7.58. The number of rotatable bonds is 8. The molecule has 0 bridgehead atoms. The highest BCUT2D eigenvalue weighted by molar-refractivity contribution is 5.75. The van der Waals surface area contributed by atoms with Crippen LogP contribution >= 0.6 is 0 Å². The third kappa shape index (κ3) is 4.97. The molecule has 3 heteroatoms. The van der Waals surface area contributed by atoms with Crippen LogP contribution in [0, 0.1) is 0 Å². The normalized spacial score (nSPS) is 13.2. The lowest BCUT2D eigenvalue weighted by Crippen LogP contribution is -2.46. The Hall–Kier alpha value is -0.570. The van der Waals surface area contributed by atoms with E-state index >= 15 is 0 Å². The van der Waals surface area contributed by atoms with Crippen LogP contribution in [0.5, 0.6) is 0 Å². The topological polar surface area (TPSA) is 29.5 Å². The van der Waals surface area contributed by atoms with Gasteiger partial charge in [0.15, 0.2) is 0 Å². The number of hydrogen-bond acceptors (Lipinski definition) is 3. The van der Waals surface area contributed by atoms with E-state index in [-0.39, 0.29) is 12.0 Å². The molecular formula is C13H27NO2. The molecule has 0 radical (unpaired) electrons. The van der Waals surface area contributed by atoms with Crippen molar-refractivity contribution in [2.45, 2.75) is 65.5 Å². The molecule has 0 aliphatic heterocycles. The monoisotopic (exact) mass is 229 g/mol. The first-order valence-corrected chi connectivity index (χ1v) is 6.41. The van der Waals surface area contributed by atoms with Crippen LogP contribution in [0.1, 0.15) is 53.4 Å². The third-order valence-electron chi connectivity index (χ3n) is 2.85. The third-order valence-corrected chi connectivity index (χ3v) is 2.85. The minimum Gasteiger partial charge on any atom is -0.468 e. The van der Waals surface area contributed by atoms with Crippen LogP contribution in [-0.2, 0) is 9.53 Å². The maximum absolute atomic E-state index is 11.8. The molecular weight excluding hydrogens is 202 g/mol. The molecule has 0 aromatic heterocycles. The average molecular weight is 229 g/mol. The lowest BCUT2D eigenvalue weighted by Gasteiger charge is -2.32. The van der Waals surface area contributed by atoms with Crippen LogP contribution in [0.2, 0.25) is 0 Å². The molecule has 0 amide bonds. The minimum absolute atomic E-state index is 0.0649. The molecule has 0 heterocycles. The second-order valence-corrected chi connectivity index (χ2v) is 4.51. The lowest BCUT2D eigenvalue weighted by atomic mass is 10.1. The first kappa shape index (κ1) is 15.4. The van der Waals surface area contributed by atoms with Gasteiger partial charge in [0.05, 0.1) is 7.11 Å². The fraction of sp³-hybridized carbons (Fsp3) is 0.923. The summed E-state index contributed by atoms with van der Waals surface area (Å²) >= 11 is 0. The van der Waals surface area contributed by atoms with Gasteiger partial charge >= 0.3 is 5.97 Å². The molecule has 0 spiro atoms. The highest BCUT2D eigenvalue weighted by Crippen LogP contribution is 2.14. The van der Waals surface area contributed by atoms with Gasteiger partial charge < -0.3 is 4.74 Å². The number of hydrogen-bond donors (Lipinski definition) is 0. The van der Waals surface area contributed by atoms with Gasteiger partial charge in [-0.15, -0.1) is 0 Å². The summed E-state index contributed by atoms with van der Waals surface area (Å²) < 4.78 is 4.91. The molecule has 0 fully saturated rings. The highest BCUT2D eigenvalue weighted by atomic mass is 16.5. The molecule has 0 aliphatic carbocycles. The lowest BCUT2D eigenvalue weighted by molar-refractivity contribution is -0.148. The van der Waals surface area contributed by atoms with Crippen LogP contribution in [0.4, 0.5) is 0 Å². The molecule has 0 aromatic rings. The van der Waals surface area contributed by atoms with Crippen molar-refractivity contribution in [1.29, 1.82) is 0 Å². The average Bonchev–Trinajstić information content (AvgIpc) is 2.27. The molecule has 0 aromatic carbocycles. The highest BCUT2D eigenvalue weighted by Gasteiger charge is 2.27. The molecule has 0 saturated heterocycles. The Kier molecular flexibility index (Phi) is 8.26. The zero-order chi connectivity index (χ0) is 12.6. The number of methoxy groups -OCH3 is 1. The minimum atomic E-state index is -0.0874. The van der Waals surface area contributed by atoms with Crippen molar-refractivity contribution in [1.82, 2.24) is 4.90 Å². The second-order valence-electron chi connectivity index (χ2n) is 4.51. The molecule has 0 aliphatic rings. The summed E-state index contributed by atoms with van der Waals surface area (Å²) in [6.45, 7) is 9.52. The number of carbonyl (C=O) groups is 1. The fourth-order valence-electron chi connectivity index (χ4n) is 1.98. The smallest absolute Gasteiger partial charge is 0.323 e. The van der Waals surface area contributed by atoms with Gasteiger partial charge in [-0.3, -0.25) is 9.69 Å². The Morgan fingerprint density at radius 1 is 1.25 bits per heavy atom. The Morgan fingerprint density at radius 2 is 1.88 bits per heavy atom. The maximum Gasteiger partial charge on any atom is 0.323 e. The molecule has 1 unspecified atom stereocenters. The van der Waals surface area contributed by atoms with Gasteiger partial charge in [-0.05, 0) is 33.2 Å². The number of carbonyl (C=O) groups excluding carboxylic acids is 1. The van der Waals surface area contributed by atoms with Crippen molar-refractivity contribution < 1.29 is 9.53 Å². The number of esters is 1. The van der Waals surface area contributed by atoms with Crippen molar-refractivity contribution in [3.63, 3.8) is 0 Å². The van der Waals surface area contributed by atoms with Crippen LogP contribution in [0.25, 0.3) is 0 Å². The van der Waals surface area contributed by atoms with Gasteiger partial charge in [-0.25, -0.2) is 0 Å². The zero-order valence-electron chi connectivity index (χ0n) is 11.5. The van der Waals surface area contributed by atoms with Crippen molar-refractivity contribution in [3.05, 3.63) is 0 Å². The summed E-state index contributed by atoms with van der Waals surface area (Å²) in [6, 6.07) is 0.325. The van der Waals surface area contributed by atoms with Crippen LogP contribution in [0.3, 0.4) is 0 Å². The molecule has 1 atom stereocenters. The van der Waals surface area contributed by atoms with E-state index in [1.807, 2.05) is 0 Å².